The number of rotatable bonds is 7. The van der Waals surface area contributed by atoms with Crippen LogP contribution in [0, 0.1) is 0 Å². The molecule has 0 atom stereocenters. The minimum atomic E-state index is 0.276. The van der Waals surface area contributed by atoms with Gasteiger partial charge in [0.2, 0.25) is 5.95 Å². The van der Waals surface area contributed by atoms with Crippen LogP contribution in [0.15, 0.2) is 6.07 Å². The van der Waals surface area contributed by atoms with Gasteiger partial charge in [-0.3, -0.25) is 0 Å². The summed E-state index contributed by atoms with van der Waals surface area (Å²) in [5.74, 6) is 1.75. The molecule has 106 valence electrons. The Kier molecular flexibility index (Phi) is 5.20. The van der Waals surface area contributed by atoms with Crippen molar-refractivity contribution in [3.8, 4) is 0 Å². The second kappa shape index (κ2) is 7.13. The predicted octanol–water partition coefficient (Wildman–Crippen LogP) is 1.86. The number of anilines is 3. The molecule has 1 aliphatic carbocycles. The van der Waals surface area contributed by atoms with Crippen molar-refractivity contribution in [2.24, 2.45) is 0 Å². The molecular weight excluding hydrogens is 242 g/mol. The Balaban J connectivity index is 1.75. The van der Waals surface area contributed by atoms with Crippen LogP contribution in [0.25, 0.3) is 0 Å². The van der Waals surface area contributed by atoms with Crippen LogP contribution < -0.4 is 16.4 Å². The van der Waals surface area contributed by atoms with Crippen molar-refractivity contribution in [3.05, 3.63) is 6.07 Å². The Hall–Kier alpha value is -1.56. The number of nitrogens with two attached hydrogens (primary N) is 1. The summed E-state index contributed by atoms with van der Waals surface area (Å²) in [7, 11) is 0. The molecule has 0 radical (unpaired) electrons. The van der Waals surface area contributed by atoms with Gasteiger partial charge in [-0.05, 0) is 19.8 Å². The number of nitrogens with zero attached hydrogens (tertiary/aromatic N) is 2. The largest absolute Gasteiger partial charge is 0.376 e. The van der Waals surface area contributed by atoms with Crippen LogP contribution in [-0.2, 0) is 4.74 Å². The van der Waals surface area contributed by atoms with E-state index in [4.69, 9.17) is 10.5 Å². The van der Waals surface area contributed by atoms with E-state index >= 15 is 0 Å². The molecule has 0 bridgehead atoms. The zero-order valence-corrected chi connectivity index (χ0v) is 11.5. The number of hydrogen-bond donors (Lipinski definition) is 3. The normalized spacial score (nSPS) is 15.6. The number of nitrogen functional groups attached to an aromatic ring is 1. The SMILES string of the molecule is CCNc1cc(NCCOC2CCCC2)nc(N)n1. The second-order valence-corrected chi connectivity index (χ2v) is 4.73. The zero-order chi connectivity index (χ0) is 13.5. The summed E-state index contributed by atoms with van der Waals surface area (Å²) in [4.78, 5) is 8.24. The van der Waals surface area contributed by atoms with E-state index in [1.807, 2.05) is 13.0 Å². The number of aromatic nitrogens is 2. The Morgan fingerprint density at radius 2 is 1.95 bits per heavy atom. The van der Waals surface area contributed by atoms with Crippen molar-refractivity contribution in [2.75, 3.05) is 36.1 Å². The minimum absolute atomic E-state index is 0.276. The van der Waals surface area contributed by atoms with E-state index in [1.165, 1.54) is 25.7 Å². The number of hydrogen-bond acceptors (Lipinski definition) is 6. The fourth-order valence-corrected chi connectivity index (χ4v) is 2.29. The lowest BCUT2D eigenvalue weighted by molar-refractivity contribution is 0.0658. The highest BCUT2D eigenvalue weighted by Gasteiger charge is 2.14. The van der Waals surface area contributed by atoms with Gasteiger partial charge in [-0.2, -0.15) is 9.97 Å². The van der Waals surface area contributed by atoms with E-state index in [-0.39, 0.29) is 5.95 Å². The average Bonchev–Trinajstić information content (AvgIpc) is 2.87. The monoisotopic (exact) mass is 265 g/mol. The molecule has 0 spiro atoms. The first-order valence-electron chi connectivity index (χ1n) is 7.02. The van der Waals surface area contributed by atoms with Crippen LogP contribution in [0.2, 0.25) is 0 Å². The molecule has 0 saturated heterocycles. The van der Waals surface area contributed by atoms with E-state index in [0.717, 1.165) is 24.7 Å². The van der Waals surface area contributed by atoms with Crippen molar-refractivity contribution in [1.82, 2.24) is 9.97 Å². The van der Waals surface area contributed by atoms with Crippen molar-refractivity contribution in [3.63, 3.8) is 0 Å². The molecule has 4 N–H and O–H groups in total. The van der Waals surface area contributed by atoms with E-state index in [9.17, 15) is 0 Å². The highest BCUT2D eigenvalue weighted by atomic mass is 16.5. The zero-order valence-electron chi connectivity index (χ0n) is 11.5. The Morgan fingerprint density at radius 1 is 1.26 bits per heavy atom. The maximum atomic E-state index is 5.78. The summed E-state index contributed by atoms with van der Waals surface area (Å²) in [5, 5.41) is 6.33. The lowest BCUT2D eigenvalue weighted by Gasteiger charge is -2.12. The molecule has 0 amide bonds. The van der Waals surface area contributed by atoms with Crippen LogP contribution in [0.1, 0.15) is 32.6 Å². The van der Waals surface area contributed by atoms with Gasteiger partial charge in [0, 0.05) is 19.2 Å². The van der Waals surface area contributed by atoms with Gasteiger partial charge in [0.25, 0.3) is 0 Å². The van der Waals surface area contributed by atoms with Gasteiger partial charge < -0.3 is 21.1 Å². The molecule has 0 aromatic carbocycles. The van der Waals surface area contributed by atoms with E-state index in [0.29, 0.717) is 12.7 Å². The highest BCUT2D eigenvalue weighted by molar-refractivity contribution is 5.50. The molecule has 1 fully saturated rings. The van der Waals surface area contributed by atoms with Gasteiger partial charge >= 0.3 is 0 Å². The van der Waals surface area contributed by atoms with Gasteiger partial charge in [-0.15, -0.1) is 0 Å². The Labute approximate surface area is 114 Å². The molecule has 6 nitrogen and oxygen atoms in total. The van der Waals surface area contributed by atoms with Crippen molar-refractivity contribution in [1.29, 1.82) is 0 Å². The van der Waals surface area contributed by atoms with Crippen molar-refractivity contribution in [2.45, 2.75) is 38.7 Å². The topological polar surface area (TPSA) is 85.1 Å². The van der Waals surface area contributed by atoms with Crippen LogP contribution >= 0.6 is 0 Å². The fourth-order valence-electron chi connectivity index (χ4n) is 2.29. The Morgan fingerprint density at radius 3 is 2.63 bits per heavy atom. The van der Waals surface area contributed by atoms with E-state index in [1.54, 1.807) is 0 Å². The molecule has 2 rings (SSSR count). The first-order valence-corrected chi connectivity index (χ1v) is 7.02. The van der Waals surface area contributed by atoms with Crippen LogP contribution in [0.3, 0.4) is 0 Å². The summed E-state index contributed by atoms with van der Waals surface area (Å²) >= 11 is 0. The second-order valence-electron chi connectivity index (χ2n) is 4.73. The summed E-state index contributed by atoms with van der Waals surface area (Å²) in [6.45, 7) is 4.26. The van der Waals surface area contributed by atoms with Gasteiger partial charge in [0.05, 0.1) is 12.7 Å². The highest BCUT2D eigenvalue weighted by Crippen LogP contribution is 2.20. The van der Waals surface area contributed by atoms with Gasteiger partial charge in [-0.25, -0.2) is 0 Å². The summed E-state index contributed by atoms with van der Waals surface area (Å²) in [6, 6.07) is 1.86. The third kappa shape index (κ3) is 4.55. The summed E-state index contributed by atoms with van der Waals surface area (Å²) in [5.41, 5.74) is 5.66. The third-order valence-corrected chi connectivity index (χ3v) is 3.17. The quantitative estimate of drug-likeness (QED) is 0.653. The third-order valence-electron chi connectivity index (χ3n) is 3.17. The summed E-state index contributed by atoms with van der Waals surface area (Å²) in [6.07, 6.45) is 5.45. The van der Waals surface area contributed by atoms with E-state index < -0.39 is 0 Å². The van der Waals surface area contributed by atoms with E-state index in [2.05, 4.69) is 20.6 Å². The molecule has 1 aromatic rings. The molecular formula is C13H23N5O. The number of nitrogens with one attached hydrogen (secondary N) is 2. The predicted molar refractivity (Wildman–Crippen MR) is 77.3 cm³/mol. The van der Waals surface area contributed by atoms with Crippen molar-refractivity contribution < 1.29 is 4.74 Å². The summed E-state index contributed by atoms with van der Waals surface area (Å²) < 4.78 is 5.78. The first-order chi connectivity index (χ1) is 9.28. The first kappa shape index (κ1) is 13.9. The van der Waals surface area contributed by atoms with Crippen molar-refractivity contribution >= 4 is 17.6 Å². The molecule has 1 aliphatic rings. The Bertz CT molecular complexity index is 393. The average molecular weight is 265 g/mol. The molecule has 0 aliphatic heterocycles. The molecule has 1 aromatic heterocycles. The van der Waals surface area contributed by atoms with Gasteiger partial charge in [0.15, 0.2) is 0 Å². The van der Waals surface area contributed by atoms with Gasteiger partial charge in [-0.1, -0.05) is 12.8 Å². The maximum absolute atomic E-state index is 5.78. The van der Waals surface area contributed by atoms with Crippen LogP contribution in [0.5, 0.6) is 0 Å². The van der Waals surface area contributed by atoms with Crippen LogP contribution in [0.4, 0.5) is 17.6 Å². The van der Waals surface area contributed by atoms with Gasteiger partial charge in [0.1, 0.15) is 11.6 Å². The molecule has 19 heavy (non-hydrogen) atoms. The fraction of sp³-hybridized carbons (Fsp3) is 0.692. The van der Waals surface area contributed by atoms with Crippen LogP contribution in [-0.4, -0.2) is 35.8 Å². The molecule has 1 saturated carbocycles. The molecule has 1 heterocycles. The lowest BCUT2D eigenvalue weighted by Crippen LogP contribution is -2.16. The smallest absolute Gasteiger partial charge is 0.223 e. The molecule has 6 heteroatoms. The minimum Gasteiger partial charge on any atom is -0.376 e. The standard InChI is InChI=1S/C13H23N5O/c1-2-15-11-9-12(18-13(14)17-11)16-7-8-19-10-5-3-4-6-10/h9-10H,2-8H2,1H3,(H4,14,15,16,17,18). The maximum Gasteiger partial charge on any atom is 0.223 e. The molecule has 0 unspecified atom stereocenters. The number of ether oxygens (including phenoxy) is 1. The lowest BCUT2D eigenvalue weighted by atomic mass is 10.3.